The molecule has 0 aliphatic rings. The third-order valence-electron chi connectivity index (χ3n) is 2.09. The van der Waals surface area contributed by atoms with E-state index in [0.29, 0.717) is 0 Å². The molecule has 0 bridgehead atoms. The summed E-state index contributed by atoms with van der Waals surface area (Å²) in [5, 5.41) is 0. The van der Waals surface area contributed by atoms with E-state index in [4.69, 9.17) is 0 Å². The van der Waals surface area contributed by atoms with Crippen LogP contribution in [0.4, 0.5) is 4.39 Å². The second-order valence-corrected chi connectivity index (χ2v) is 3.21. The van der Waals surface area contributed by atoms with Crippen molar-refractivity contribution in [2.75, 3.05) is 0 Å². The van der Waals surface area contributed by atoms with E-state index in [1.165, 1.54) is 11.6 Å². The van der Waals surface area contributed by atoms with Gasteiger partial charge in [-0.2, -0.15) is 17.7 Å². The van der Waals surface area contributed by atoms with Crippen LogP contribution in [0.15, 0.2) is 48.5 Å². The first-order chi connectivity index (χ1) is 6.84. The molecule has 0 saturated heterocycles. The molecule has 16 heavy (non-hydrogen) atoms. The van der Waals surface area contributed by atoms with Crippen LogP contribution < -0.4 is 17.0 Å². The Kier molecular flexibility index (Phi) is 7.63. The Morgan fingerprint density at radius 1 is 0.938 bits per heavy atom. The largest absolute Gasteiger partial charge is 2.00 e. The van der Waals surface area contributed by atoms with Gasteiger partial charge in [-0.3, -0.25) is 0 Å². The molecule has 0 atom stereocenters. The zero-order valence-corrected chi connectivity index (χ0v) is 11.8. The van der Waals surface area contributed by atoms with Crippen molar-refractivity contribution in [3.63, 3.8) is 0 Å². The first kappa shape index (κ1) is 15.6. The molecule has 0 aromatic heterocycles. The molecule has 3 heteroatoms. The van der Waals surface area contributed by atoms with Crippen molar-refractivity contribution in [3.8, 4) is 0 Å². The standard InChI is InChI=1S/C13H10F.BrH.Mg/c14-13-8-6-12(7-9-13)10-11-4-2-1-3-5-11;;/h1-8H,10H2;1H;/q-1;;+2/p-1. The van der Waals surface area contributed by atoms with Crippen LogP contribution in [0, 0.1) is 11.9 Å². The Bertz CT molecular complexity index is 400. The summed E-state index contributed by atoms with van der Waals surface area (Å²) in [6.45, 7) is 0. The van der Waals surface area contributed by atoms with E-state index in [1.54, 1.807) is 12.1 Å². The summed E-state index contributed by atoms with van der Waals surface area (Å²) in [7, 11) is 0. The fraction of sp³-hybridized carbons (Fsp3) is 0.0769. The summed E-state index contributed by atoms with van der Waals surface area (Å²) in [4.78, 5) is 0. The van der Waals surface area contributed by atoms with E-state index in [0.717, 1.165) is 12.0 Å². The van der Waals surface area contributed by atoms with Gasteiger partial charge in [-0.1, -0.05) is 35.9 Å². The van der Waals surface area contributed by atoms with Crippen LogP contribution in [0.25, 0.3) is 0 Å². The maximum Gasteiger partial charge on any atom is 2.00 e. The van der Waals surface area contributed by atoms with Crippen LogP contribution in [0.3, 0.4) is 0 Å². The SMILES string of the molecule is Fc1[c-]cc(Cc2ccccc2)cc1.[Br-].[Mg+2]. The second-order valence-electron chi connectivity index (χ2n) is 3.21. The zero-order chi connectivity index (χ0) is 9.80. The van der Waals surface area contributed by atoms with Gasteiger partial charge in [0, 0.05) is 5.82 Å². The van der Waals surface area contributed by atoms with Gasteiger partial charge in [-0.25, -0.2) is 4.39 Å². The molecule has 2 aromatic rings. The summed E-state index contributed by atoms with van der Waals surface area (Å²) in [5.74, 6) is -0.304. The topological polar surface area (TPSA) is 0 Å². The van der Waals surface area contributed by atoms with Gasteiger partial charge in [0.05, 0.1) is 0 Å². The van der Waals surface area contributed by atoms with Crippen molar-refractivity contribution in [2.45, 2.75) is 6.42 Å². The molecule has 0 spiro atoms. The van der Waals surface area contributed by atoms with Crippen LogP contribution in [-0.2, 0) is 6.42 Å². The van der Waals surface area contributed by atoms with Crippen LogP contribution in [-0.4, -0.2) is 23.1 Å². The van der Waals surface area contributed by atoms with Crippen molar-refractivity contribution in [2.24, 2.45) is 0 Å². The van der Waals surface area contributed by atoms with E-state index in [-0.39, 0.29) is 45.9 Å². The first-order valence-corrected chi connectivity index (χ1v) is 4.54. The van der Waals surface area contributed by atoms with E-state index < -0.39 is 0 Å². The van der Waals surface area contributed by atoms with E-state index in [1.807, 2.05) is 18.2 Å². The van der Waals surface area contributed by atoms with Crippen molar-refractivity contribution in [1.82, 2.24) is 0 Å². The van der Waals surface area contributed by atoms with Gasteiger partial charge in [0.15, 0.2) is 0 Å². The fourth-order valence-electron chi connectivity index (χ4n) is 1.38. The molecule has 0 heterocycles. The molecule has 0 fully saturated rings. The average Bonchev–Trinajstić information content (AvgIpc) is 2.23. The van der Waals surface area contributed by atoms with Gasteiger partial charge in [-0.05, 0) is 6.42 Å². The van der Waals surface area contributed by atoms with Crippen LogP contribution in [0.1, 0.15) is 11.1 Å². The fourth-order valence-corrected chi connectivity index (χ4v) is 1.38. The summed E-state index contributed by atoms with van der Waals surface area (Å²) >= 11 is 0. The first-order valence-electron chi connectivity index (χ1n) is 4.54. The summed E-state index contributed by atoms with van der Waals surface area (Å²) < 4.78 is 12.6. The molecular weight excluding hydrogens is 279 g/mol. The summed E-state index contributed by atoms with van der Waals surface area (Å²) in [6, 6.07) is 17.6. The predicted octanol–water partition coefficient (Wildman–Crippen LogP) is -0.160. The number of halogens is 2. The number of hydrogen-bond donors (Lipinski definition) is 0. The Morgan fingerprint density at radius 2 is 1.62 bits per heavy atom. The van der Waals surface area contributed by atoms with E-state index in [2.05, 4.69) is 18.2 Å². The van der Waals surface area contributed by atoms with Crippen molar-refractivity contribution in [1.29, 1.82) is 0 Å². The molecule has 0 unspecified atom stereocenters. The van der Waals surface area contributed by atoms with Gasteiger partial charge >= 0.3 is 23.1 Å². The van der Waals surface area contributed by atoms with Gasteiger partial charge in [0.1, 0.15) is 0 Å². The van der Waals surface area contributed by atoms with Crippen molar-refractivity contribution < 1.29 is 21.4 Å². The minimum absolute atomic E-state index is 0. The third-order valence-corrected chi connectivity index (χ3v) is 2.09. The molecule has 0 saturated carbocycles. The predicted molar refractivity (Wildman–Crippen MR) is 60.2 cm³/mol. The third kappa shape index (κ3) is 4.64. The Labute approximate surface area is 122 Å². The van der Waals surface area contributed by atoms with Gasteiger partial charge in [0.25, 0.3) is 0 Å². The van der Waals surface area contributed by atoms with Crippen LogP contribution in [0.5, 0.6) is 0 Å². The number of benzene rings is 2. The molecule has 0 amide bonds. The normalized spacial score (nSPS) is 8.81. The van der Waals surface area contributed by atoms with Gasteiger partial charge in [0.2, 0.25) is 0 Å². The molecule has 0 N–H and O–H groups in total. The molecule has 2 rings (SSSR count). The number of hydrogen-bond acceptors (Lipinski definition) is 0. The van der Waals surface area contributed by atoms with E-state index >= 15 is 0 Å². The van der Waals surface area contributed by atoms with Crippen LogP contribution in [0.2, 0.25) is 0 Å². The Hall–Kier alpha value is -0.384. The molecule has 0 aliphatic carbocycles. The minimum atomic E-state index is -0.304. The molecule has 2 aromatic carbocycles. The summed E-state index contributed by atoms with van der Waals surface area (Å²) in [6.07, 6.45) is 0.831. The minimum Gasteiger partial charge on any atom is -1.00 e. The van der Waals surface area contributed by atoms with Crippen LogP contribution >= 0.6 is 0 Å². The monoisotopic (exact) mass is 288 g/mol. The second kappa shape index (κ2) is 7.82. The number of rotatable bonds is 2. The Balaban J connectivity index is 0.00000112. The van der Waals surface area contributed by atoms with Gasteiger partial charge < -0.3 is 17.0 Å². The maximum atomic E-state index is 12.6. The molecule has 0 nitrogen and oxygen atoms in total. The van der Waals surface area contributed by atoms with Crippen molar-refractivity contribution >= 4 is 23.1 Å². The Morgan fingerprint density at radius 3 is 2.19 bits per heavy atom. The molecule has 0 aliphatic heterocycles. The molecule has 0 radical (unpaired) electrons. The smallest absolute Gasteiger partial charge is 1.00 e. The van der Waals surface area contributed by atoms with E-state index in [9.17, 15) is 4.39 Å². The zero-order valence-electron chi connectivity index (χ0n) is 8.79. The molecular formula is C13H10BrFMg. The summed E-state index contributed by atoms with van der Waals surface area (Å²) in [5.41, 5.74) is 2.31. The van der Waals surface area contributed by atoms with Crippen molar-refractivity contribution in [3.05, 3.63) is 71.5 Å². The quantitative estimate of drug-likeness (QED) is 0.532. The average molecular weight is 289 g/mol. The maximum absolute atomic E-state index is 12.6. The van der Waals surface area contributed by atoms with Gasteiger partial charge in [-0.15, -0.1) is 12.1 Å². The molecule has 78 valence electrons.